The van der Waals surface area contributed by atoms with Gasteiger partial charge in [0.1, 0.15) is 5.76 Å². The Morgan fingerprint density at radius 1 is 1.22 bits per heavy atom. The van der Waals surface area contributed by atoms with E-state index in [0.717, 1.165) is 28.0 Å². The van der Waals surface area contributed by atoms with Crippen LogP contribution in [0.5, 0.6) is 0 Å². The molecule has 0 spiro atoms. The number of rotatable bonds is 5. The standard InChI is InChI=1S/C18H13F3N6O3S2/c1-9-6-13-22-10(7-14(28)27(13)30-9)8-31-17-26-25-16(32-17)24-15(29)23-12-5-3-2-4-11(12)18(19,20)21/h2-7H,8H2,1H3,(H2,23,24,25,29). The van der Waals surface area contributed by atoms with Crippen LogP contribution in [-0.2, 0) is 11.9 Å². The molecule has 0 aliphatic rings. The van der Waals surface area contributed by atoms with E-state index in [1.54, 1.807) is 13.0 Å². The Balaban J connectivity index is 1.38. The monoisotopic (exact) mass is 482 g/mol. The van der Waals surface area contributed by atoms with E-state index in [1.807, 2.05) is 0 Å². The summed E-state index contributed by atoms with van der Waals surface area (Å²) in [6, 6.07) is 6.73. The van der Waals surface area contributed by atoms with Crippen molar-refractivity contribution >= 4 is 45.6 Å². The molecule has 4 aromatic rings. The fraction of sp³-hybridized carbons (Fsp3) is 0.167. The van der Waals surface area contributed by atoms with Crippen molar-refractivity contribution in [3.63, 3.8) is 0 Å². The minimum atomic E-state index is -4.61. The number of hydrogen-bond acceptors (Lipinski definition) is 8. The van der Waals surface area contributed by atoms with Gasteiger partial charge in [-0.2, -0.15) is 13.2 Å². The summed E-state index contributed by atoms with van der Waals surface area (Å²) in [7, 11) is 0. The number of para-hydroxylation sites is 1. The number of carbonyl (C=O) groups is 1. The maximum Gasteiger partial charge on any atom is 0.418 e. The lowest BCUT2D eigenvalue weighted by molar-refractivity contribution is -0.136. The van der Waals surface area contributed by atoms with E-state index >= 15 is 0 Å². The number of nitrogens with one attached hydrogen (secondary N) is 2. The summed E-state index contributed by atoms with van der Waals surface area (Å²) < 4.78 is 45.9. The van der Waals surface area contributed by atoms with Gasteiger partial charge in [-0.1, -0.05) is 35.2 Å². The number of aromatic nitrogens is 4. The first kappa shape index (κ1) is 21.8. The first-order valence-corrected chi connectivity index (χ1v) is 10.7. The van der Waals surface area contributed by atoms with Crippen LogP contribution in [0, 0.1) is 6.92 Å². The van der Waals surface area contributed by atoms with Gasteiger partial charge in [0.05, 0.1) is 16.9 Å². The van der Waals surface area contributed by atoms with Gasteiger partial charge in [0, 0.05) is 17.9 Å². The summed E-state index contributed by atoms with van der Waals surface area (Å²) >= 11 is 2.27. The fourth-order valence-corrected chi connectivity index (χ4v) is 4.33. The molecule has 1 aromatic carbocycles. The molecule has 0 atom stereocenters. The van der Waals surface area contributed by atoms with Gasteiger partial charge in [0.25, 0.3) is 5.56 Å². The number of nitrogens with zero attached hydrogens (tertiary/aromatic N) is 4. The molecular weight excluding hydrogens is 469 g/mol. The molecule has 0 bridgehead atoms. The predicted octanol–water partition coefficient (Wildman–Crippen LogP) is 4.40. The van der Waals surface area contributed by atoms with Crippen molar-refractivity contribution in [2.75, 3.05) is 10.6 Å². The summed E-state index contributed by atoms with van der Waals surface area (Å²) in [6.07, 6.45) is -4.61. The van der Waals surface area contributed by atoms with E-state index in [0.29, 0.717) is 27.2 Å². The van der Waals surface area contributed by atoms with Crippen LogP contribution < -0.4 is 16.2 Å². The number of halogens is 3. The SMILES string of the molecule is Cc1cc2nc(CSc3nnc(NC(=O)Nc4ccccc4C(F)(F)F)s3)cc(=O)n2o1. The Hall–Kier alpha value is -3.39. The largest absolute Gasteiger partial charge is 0.418 e. The maximum absolute atomic E-state index is 13.0. The van der Waals surface area contributed by atoms with Gasteiger partial charge in [-0.3, -0.25) is 10.1 Å². The Morgan fingerprint density at radius 3 is 2.78 bits per heavy atom. The molecule has 14 heteroatoms. The number of benzene rings is 1. The van der Waals surface area contributed by atoms with Crippen molar-refractivity contribution in [2.45, 2.75) is 23.2 Å². The molecule has 0 aliphatic heterocycles. The van der Waals surface area contributed by atoms with Crippen LogP contribution in [-0.4, -0.2) is 25.8 Å². The lowest BCUT2D eigenvalue weighted by Gasteiger charge is -2.13. The number of thioether (sulfide) groups is 1. The number of carbonyl (C=O) groups excluding carboxylic acids is 1. The number of urea groups is 1. The molecule has 2 N–H and O–H groups in total. The normalized spacial score (nSPS) is 11.6. The van der Waals surface area contributed by atoms with Crippen LogP contribution in [0.4, 0.5) is 28.8 Å². The summed E-state index contributed by atoms with van der Waals surface area (Å²) in [5.74, 6) is 0.867. The number of alkyl halides is 3. The van der Waals surface area contributed by atoms with Crippen molar-refractivity contribution < 1.29 is 22.5 Å². The Morgan fingerprint density at radius 2 is 2.00 bits per heavy atom. The molecule has 0 radical (unpaired) electrons. The quantitative estimate of drug-likeness (QED) is 0.320. The zero-order chi connectivity index (χ0) is 22.9. The van der Waals surface area contributed by atoms with Crippen molar-refractivity contribution in [3.05, 3.63) is 63.8 Å². The zero-order valence-electron chi connectivity index (χ0n) is 16.1. The number of fused-ring (bicyclic) bond motifs is 1. The summed E-state index contributed by atoms with van der Waals surface area (Å²) in [4.78, 5) is 28.5. The smallest absolute Gasteiger partial charge is 0.375 e. The molecule has 0 fully saturated rings. The summed E-state index contributed by atoms with van der Waals surface area (Å²) in [6.45, 7) is 1.70. The summed E-state index contributed by atoms with van der Waals surface area (Å²) in [5.41, 5.74) is -0.794. The molecule has 0 unspecified atom stereocenters. The van der Waals surface area contributed by atoms with Gasteiger partial charge in [-0.15, -0.1) is 14.8 Å². The zero-order valence-corrected chi connectivity index (χ0v) is 17.8. The fourth-order valence-electron chi connectivity index (χ4n) is 2.69. The number of amides is 2. The summed E-state index contributed by atoms with van der Waals surface area (Å²) in [5, 5.41) is 12.3. The Bertz CT molecular complexity index is 1350. The average molecular weight is 482 g/mol. The number of hydrogen-bond donors (Lipinski definition) is 2. The van der Waals surface area contributed by atoms with Crippen molar-refractivity contribution in [1.29, 1.82) is 0 Å². The predicted molar refractivity (Wildman–Crippen MR) is 112 cm³/mol. The average Bonchev–Trinajstić information content (AvgIpc) is 3.31. The molecule has 0 saturated carbocycles. The molecular formula is C18H13F3N6O3S2. The van der Waals surface area contributed by atoms with Gasteiger partial charge in [-0.25, -0.2) is 9.78 Å². The highest BCUT2D eigenvalue weighted by atomic mass is 32.2. The molecule has 3 heterocycles. The molecule has 2 amide bonds. The van der Waals surface area contributed by atoms with Gasteiger partial charge in [-0.05, 0) is 19.1 Å². The van der Waals surface area contributed by atoms with Crippen LogP contribution >= 0.6 is 23.1 Å². The van der Waals surface area contributed by atoms with E-state index in [2.05, 4.69) is 25.8 Å². The Kier molecular flexibility index (Phi) is 5.88. The van der Waals surface area contributed by atoms with Crippen LogP contribution in [0.25, 0.3) is 5.65 Å². The molecule has 3 aromatic heterocycles. The highest BCUT2D eigenvalue weighted by Gasteiger charge is 2.33. The van der Waals surface area contributed by atoms with E-state index in [9.17, 15) is 22.8 Å². The van der Waals surface area contributed by atoms with Crippen LogP contribution in [0.1, 0.15) is 17.0 Å². The third kappa shape index (κ3) is 4.91. The highest BCUT2D eigenvalue weighted by Crippen LogP contribution is 2.34. The molecule has 0 saturated heterocycles. The molecule has 32 heavy (non-hydrogen) atoms. The van der Waals surface area contributed by atoms with Crippen molar-refractivity contribution in [2.24, 2.45) is 0 Å². The Labute approximate surface area is 185 Å². The second-order valence-corrected chi connectivity index (χ2v) is 8.57. The molecule has 9 nitrogen and oxygen atoms in total. The third-order valence-corrected chi connectivity index (χ3v) is 5.98. The second kappa shape index (κ2) is 8.63. The van der Waals surface area contributed by atoms with Gasteiger partial charge in [0.15, 0.2) is 9.99 Å². The number of anilines is 2. The maximum atomic E-state index is 13.0. The van der Waals surface area contributed by atoms with Crippen molar-refractivity contribution in [3.8, 4) is 0 Å². The van der Waals surface area contributed by atoms with E-state index in [4.69, 9.17) is 4.52 Å². The van der Waals surface area contributed by atoms with E-state index in [-0.39, 0.29) is 16.4 Å². The first-order valence-electron chi connectivity index (χ1n) is 8.89. The minimum absolute atomic E-state index is 0.100. The van der Waals surface area contributed by atoms with Crippen molar-refractivity contribution in [1.82, 2.24) is 19.8 Å². The third-order valence-electron chi connectivity index (χ3n) is 3.98. The number of aryl methyl sites for hydroxylation is 1. The van der Waals surface area contributed by atoms with Gasteiger partial charge >= 0.3 is 12.2 Å². The minimum Gasteiger partial charge on any atom is -0.375 e. The van der Waals surface area contributed by atoms with E-state index < -0.39 is 17.8 Å². The van der Waals surface area contributed by atoms with Crippen LogP contribution in [0.15, 0.2) is 50.1 Å². The molecule has 4 rings (SSSR count). The first-order chi connectivity index (χ1) is 15.2. The lowest BCUT2D eigenvalue weighted by atomic mass is 10.1. The topological polar surface area (TPSA) is 114 Å². The van der Waals surface area contributed by atoms with Gasteiger partial charge in [0.2, 0.25) is 5.13 Å². The van der Waals surface area contributed by atoms with Gasteiger partial charge < -0.3 is 9.84 Å². The van der Waals surface area contributed by atoms with Crippen LogP contribution in [0.3, 0.4) is 0 Å². The molecule has 166 valence electrons. The lowest BCUT2D eigenvalue weighted by Crippen LogP contribution is -2.21. The highest BCUT2D eigenvalue weighted by molar-refractivity contribution is 8.00. The van der Waals surface area contributed by atoms with E-state index in [1.165, 1.54) is 30.0 Å². The molecule has 0 aliphatic carbocycles. The second-order valence-electron chi connectivity index (χ2n) is 6.37. The van der Waals surface area contributed by atoms with Crippen LogP contribution in [0.2, 0.25) is 0 Å².